The molecule has 38 heavy (non-hydrogen) atoms. The normalized spacial score (nSPS) is 23.1. The Hall–Kier alpha value is -3.52. The summed E-state index contributed by atoms with van der Waals surface area (Å²) in [5.41, 5.74) is 4.03. The van der Waals surface area contributed by atoms with Gasteiger partial charge in [-0.1, -0.05) is 16.9 Å². The number of thioether (sulfide) groups is 2. The van der Waals surface area contributed by atoms with Crippen LogP contribution in [0.25, 0.3) is 0 Å². The minimum atomic E-state index is -1.35. The lowest BCUT2D eigenvalue weighted by Gasteiger charge is -2.53. The van der Waals surface area contributed by atoms with Gasteiger partial charge in [0.05, 0.1) is 0 Å². The molecule has 2 fully saturated rings. The number of amides is 2. The van der Waals surface area contributed by atoms with E-state index in [2.05, 4.69) is 35.4 Å². The van der Waals surface area contributed by atoms with Crippen LogP contribution in [-0.2, 0) is 30.6 Å². The van der Waals surface area contributed by atoms with E-state index in [0.29, 0.717) is 0 Å². The fourth-order valence-corrected chi connectivity index (χ4v) is 6.69. The van der Waals surface area contributed by atoms with Gasteiger partial charge in [-0.15, -0.1) is 16.9 Å². The maximum Gasteiger partial charge on any atom is 0.325 e. The number of tetrazole rings is 1. The van der Waals surface area contributed by atoms with Crippen LogP contribution in [0.3, 0.4) is 0 Å². The first kappa shape index (κ1) is 27.5. The van der Waals surface area contributed by atoms with E-state index in [4.69, 9.17) is 15.7 Å². The lowest BCUT2D eigenvalue weighted by atomic mass is 9.89. The smallest absolute Gasteiger partial charge is 0.325 e. The molecule has 4 heterocycles. The molecule has 0 radical (unpaired) electrons. The maximum absolute atomic E-state index is 13.0. The van der Waals surface area contributed by atoms with Gasteiger partial charge in [-0.05, 0) is 24.3 Å². The molecule has 2 aliphatic heterocycles. The quantitative estimate of drug-likeness (QED) is 0.102. The minimum Gasteiger partial charge on any atom is -0.481 e. The van der Waals surface area contributed by atoms with Gasteiger partial charge in [0.25, 0.3) is 5.91 Å². The van der Waals surface area contributed by atoms with Crippen LogP contribution in [0, 0.1) is 5.41 Å². The third-order valence-electron chi connectivity index (χ3n) is 5.37. The number of aromatic nitrogens is 6. The molecule has 2 amide bonds. The van der Waals surface area contributed by atoms with Crippen molar-refractivity contribution in [3.05, 3.63) is 5.82 Å². The number of rotatable bonds is 11. The predicted octanol–water partition coefficient (Wildman–Crippen LogP) is -1.42. The molecule has 3 atom stereocenters. The van der Waals surface area contributed by atoms with Gasteiger partial charge in [-0.2, -0.15) is 9.36 Å². The van der Waals surface area contributed by atoms with E-state index in [9.17, 15) is 24.3 Å². The van der Waals surface area contributed by atoms with Crippen LogP contribution in [0.15, 0.2) is 10.3 Å². The number of oxime groups is 1. The first-order valence-electron chi connectivity index (χ1n) is 10.9. The van der Waals surface area contributed by atoms with Gasteiger partial charge in [0.1, 0.15) is 29.5 Å². The molecule has 2 aromatic rings. The average Bonchev–Trinajstić information content (AvgIpc) is 3.48. The molecule has 2 aliphatic rings. The third kappa shape index (κ3) is 5.65. The molecule has 0 bridgehead atoms. The monoisotopic (exact) mass is 586 g/mol. The molecule has 0 spiro atoms. The Morgan fingerprint density at radius 3 is 2.76 bits per heavy atom. The Bertz CT molecular complexity index is 1280. The van der Waals surface area contributed by atoms with E-state index in [0.717, 1.165) is 28.0 Å². The number of hydrogen-bond donors (Lipinski definition) is 4. The second kappa shape index (κ2) is 11.1. The fourth-order valence-electron chi connectivity index (χ4n) is 3.52. The van der Waals surface area contributed by atoms with Crippen molar-refractivity contribution in [3.8, 4) is 0 Å². The van der Waals surface area contributed by atoms with Crippen molar-refractivity contribution in [2.75, 3.05) is 23.8 Å². The largest absolute Gasteiger partial charge is 0.481 e. The summed E-state index contributed by atoms with van der Waals surface area (Å²) in [6.45, 7) is 2.84. The van der Waals surface area contributed by atoms with E-state index in [-0.39, 0.29) is 46.0 Å². The van der Waals surface area contributed by atoms with Crippen LogP contribution in [0.1, 0.15) is 19.7 Å². The number of nitrogen functional groups attached to an aromatic ring is 1. The van der Waals surface area contributed by atoms with Crippen LogP contribution < -0.4 is 11.1 Å². The molecule has 20 heteroatoms. The van der Waals surface area contributed by atoms with Crippen LogP contribution >= 0.6 is 35.1 Å². The van der Waals surface area contributed by atoms with Crippen LogP contribution in [0.2, 0.25) is 0 Å². The van der Waals surface area contributed by atoms with E-state index in [1.54, 1.807) is 13.8 Å². The Morgan fingerprint density at radius 2 is 2.13 bits per heavy atom. The molecule has 204 valence electrons. The molecule has 0 saturated carbocycles. The highest BCUT2D eigenvalue weighted by Crippen LogP contribution is 2.44. The lowest BCUT2D eigenvalue weighted by Crippen LogP contribution is -2.74. The number of anilines is 1. The van der Waals surface area contributed by atoms with Gasteiger partial charge in [0.15, 0.2) is 5.13 Å². The number of carbonyl (C=O) groups is 4. The summed E-state index contributed by atoms with van der Waals surface area (Å²) in [5, 5.41) is 36.0. The molecule has 4 rings (SSSR count). The predicted molar refractivity (Wildman–Crippen MR) is 133 cm³/mol. The first-order valence-corrected chi connectivity index (χ1v) is 13.7. The zero-order valence-corrected chi connectivity index (χ0v) is 22.3. The minimum absolute atomic E-state index is 0.0108. The Labute approximate surface area is 226 Å². The van der Waals surface area contributed by atoms with Gasteiger partial charge >= 0.3 is 11.9 Å². The van der Waals surface area contributed by atoms with Gasteiger partial charge in [-0.3, -0.25) is 19.2 Å². The number of hydrogen-bond acceptors (Lipinski definition) is 15. The summed E-state index contributed by atoms with van der Waals surface area (Å²) in [6.07, 6.45) is -0.334. The third-order valence-corrected chi connectivity index (χ3v) is 8.75. The second-order valence-electron chi connectivity index (χ2n) is 8.56. The highest BCUT2D eigenvalue weighted by atomic mass is 32.2. The lowest BCUT2D eigenvalue weighted by molar-refractivity contribution is -0.157. The Balaban J connectivity index is 1.43. The maximum atomic E-state index is 13.0. The molecule has 0 aromatic carbocycles. The SMILES string of the molecule is CC(C)ON=C(C(=O)NC1C(=O)N2CC(CSc3nnnn3CC(=O)O)(C(=O)O)CS[C@H]12)c1nsc(N)n1. The van der Waals surface area contributed by atoms with Crippen molar-refractivity contribution in [2.45, 2.75) is 43.1 Å². The molecule has 5 N–H and O–H groups in total. The summed E-state index contributed by atoms with van der Waals surface area (Å²) in [7, 11) is 0. The molecule has 2 saturated heterocycles. The van der Waals surface area contributed by atoms with Crippen molar-refractivity contribution in [1.29, 1.82) is 0 Å². The first-order chi connectivity index (χ1) is 18.0. The number of carboxylic acids is 2. The van der Waals surface area contributed by atoms with Crippen molar-refractivity contribution in [2.24, 2.45) is 10.6 Å². The van der Waals surface area contributed by atoms with Crippen molar-refractivity contribution in [3.63, 3.8) is 0 Å². The Morgan fingerprint density at radius 1 is 1.37 bits per heavy atom. The summed E-state index contributed by atoms with van der Waals surface area (Å²) < 4.78 is 5.04. The summed E-state index contributed by atoms with van der Waals surface area (Å²) in [6, 6.07) is -0.921. The van der Waals surface area contributed by atoms with E-state index in [1.165, 1.54) is 16.7 Å². The van der Waals surface area contributed by atoms with E-state index in [1.807, 2.05) is 0 Å². The van der Waals surface area contributed by atoms with Crippen molar-refractivity contribution < 1.29 is 34.2 Å². The van der Waals surface area contributed by atoms with E-state index >= 15 is 0 Å². The zero-order valence-electron chi connectivity index (χ0n) is 19.9. The van der Waals surface area contributed by atoms with Gasteiger partial charge in [0, 0.05) is 29.6 Å². The number of carboxylic acid groups (broad SMARTS) is 2. The fraction of sp³-hybridized carbons (Fsp3) is 0.556. The van der Waals surface area contributed by atoms with E-state index < -0.39 is 47.1 Å². The highest BCUT2D eigenvalue weighted by Gasteiger charge is 2.57. The number of carbonyl (C=O) groups excluding carboxylic acids is 2. The van der Waals surface area contributed by atoms with Crippen LogP contribution in [-0.4, -0.2) is 110 Å². The summed E-state index contributed by atoms with van der Waals surface area (Å²) in [4.78, 5) is 59.7. The number of nitrogens with zero attached hydrogens (tertiary/aromatic N) is 8. The van der Waals surface area contributed by atoms with Gasteiger partial charge in [0.2, 0.25) is 22.6 Å². The zero-order chi connectivity index (χ0) is 27.6. The number of nitrogens with two attached hydrogens (primary N) is 1. The standard InChI is InChI=1S/C18H22N10O7S3/c1-7(2)35-23-9(11-21-16(19)38-24-11)12(31)20-10-13(32)27-4-18(15(33)34,5-36-14(10)27)6-37-17-22-25-26-28(17)3-8(29)30/h7,10,14H,3-6H2,1-2H3,(H,20,31)(H,29,30)(H,33,34)(H2,19,21,24)/t10?,14-,18?/m1/s1. The van der Waals surface area contributed by atoms with Gasteiger partial charge < -0.3 is 31.0 Å². The molecule has 2 aromatic heterocycles. The number of nitrogens with one attached hydrogen (secondary N) is 1. The molecule has 17 nitrogen and oxygen atoms in total. The Kier molecular flexibility index (Phi) is 8.02. The molecule has 2 unspecified atom stereocenters. The molecular weight excluding hydrogens is 564 g/mol. The van der Waals surface area contributed by atoms with Crippen molar-refractivity contribution >= 4 is 69.7 Å². The summed E-state index contributed by atoms with van der Waals surface area (Å²) >= 11 is 3.07. The molecule has 0 aliphatic carbocycles. The van der Waals surface area contributed by atoms with Gasteiger partial charge in [-0.25, -0.2) is 4.68 Å². The number of aliphatic carboxylic acids is 2. The average molecular weight is 587 g/mol. The highest BCUT2D eigenvalue weighted by molar-refractivity contribution is 8.00. The van der Waals surface area contributed by atoms with Crippen LogP contribution in [0.4, 0.5) is 5.13 Å². The number of β-lactam (4-membered cyclic amide) rings is 1. The van der Waals surface area contributed by atoms with Crippen molar-refractivity contribution in [1.82, 2.24) is 39.8 Å². The molecular formula is C18H22N10O7S3. The number of fused-ring (bicyclic) bond motifs is 1. The summed E-state index contributed by atoms with van der Waals surface area (Å²) in [5.74, 6) is -3.41. The second-order valence-corrected chi connectivity index (χ2v) is 11.4. The van der Waals surface area contributed by atoms with Crippen LogP contribution in [0.5, 0.6) is 0 Å². The topological polar surface area (TPSA) is 241 Å².